The fraction of sp³-hybridized carbons (Fsp3) is 0.0455. The molecule has 0 spiro atoms. The van der Waals surface area contributed by atoms with Gasteiger partial charge in [0.25, 0.3) is 0 Å². The third-order valence-electron chi connectivity index (χ3n) is 10.1. The van der Waals surface area contributed by atoms with Crippen LogP contribution in [0.3, 0.4) is 0 Å². The molecule has 1 aromatic heterocycles. The van der Waals surface area contributed by atoms with Crippen LogP contribution < -0.4 is 4.90 Å². The maximum Gasteiger partial charge on any atom is 0.0630 e. The predicted molar refractivity (Wildman–Crippen MR) is 195 cm³/mol. The highest BCUT2D eigenvalue weighted by atomic mass is 15.2. The highest BCUT2D eigenvalue weighted by molar-refractivity contribution is 6.22. The molecule has 10 rings (SSSR count). The molecular formula is C44H30N2. The Balaban J connectivity index is 1.20. The first-order valence-electron chi connectivity index (χ1n) is 16.1. The van der Waals surface area contributed by atoms with Gasteiger partial charge in [-0.15, -0.1) is 0 Å². The van der Waals surface area contributed by atoms with Crippen molar-refractivity contribution in [2.24, 2.45) is 0 Å². The molecule has 0 radical (unpaired) electrons. The van der Waals surface area contributed by atoms with Gasteiger partial charge in [0.05, 0.1) is 22.8 Å². The van der Waals surface area contributed by atoms with E-state index in [1.54, 1.807) is 0 Å². The first-order valence-corrected chi connectivity index (χ1v) is 16.1. The zero-order valence-electron chi connectivity index (χ0n) is 25.2. The van der Waals surface area contributed by atoms with Crippen molar-refractivity contribution in [3.05, 3.63) is 175 Å². The molecule has 46 heavy (non-hydrogen) atoms. The minimum absolute atomic E-state index is 0.241. The van der Waals surface area contributed by atoms with Crippen molar-refractivity contribution in [2.45, 2.75) is 12.0 Å². The van der Waals surface area contributed by atoms with Gasteiger partial charge >= 0.3 is 0 Å². The van der Waals surface area contributed by atoms with Crippen LogP contribution in [0.25, 0.3) is 60.2 Å². The Hall–Kier alpha value is -5.86. The van der Waals surface area contributed by atoms with Gasteiger partial charge in [-0.3, -0.25) is 0 Å². The van der Waals surface area contributed by atoms with Gasteiger partial charge in [0.2, 0.25) is 0 Å². The number of nitrogens with zero attached hydrogens (tertiary/aromatic N) is 2. The lowest BCUT2D eigenvalue weighted by molar-refractivity contribution is 0.747. The molecule has 0 fully saturated rings. The van der Waals surface area contributed by atoms with Gasteiger partial charge in [0.15, 0.2) is 0 Å². The summed E-state index contributed by atoms with van der Waals surface area (Å²) in [4.78, 5) is 2.60. The fourth-order valence-corrected chi connectivity index (χ4v) is 8.20. The van der Waals surface area contributed by atoms with Crippen LogP contribution in [0.2, 0.25) is 0 Å². The third kappa shape index (κ3) is 3.53. The molecule has 2 aliphatic rings. The van der Waals surface area contributed by atoms with Gasteiger partial charge < -0.3 is 9.47 Å². The summed E-state index contributed by atoms with van der Waals surface area (Å²) in [6, 6.07) is 53.7. The molecule has 0 N–H and O–H groups in total. The minimum atomic E-state index is 0.241. The van der Waals surface area contributed by atoms with Crippen LogP contribution in [0.4, 0.5) is 11.4 Å². The van der Waals surface area contributed by atoms with Crippen molar-refractivity contribution in [2.75, 3.05) is 4.90 Å². The number of hydrogen-bond donors (Lipinski definition) is 0. The van der Waals surface area contributed by atoms with Gasteiger partial charge in [-0.1, -0.05) is 140 Å². The lowest BCUT2D eigenvalue weighted by Gasteiger charge is -2.32. The van der Waals surface area contributed by atoms with Gasteiger partial charge in [-0.2, -0.15) is 0 Å². The normalized spacial score (nSPS) is 16.9. The Bertz CT molecular complexity index is 2440. The minimum Gasteiger partial charge on any atom is -0.332 e. The van der Waals surface area contributed by atoms with E-state index in [2.05, 4.69) is 179 Å². The van der Waals surface area contributed by atoms with Crippen molar-refractivity contribution in [3.8, 4) is 16.8 Å². The van der Waals surface area contributed by atoms with Crippen LogP contribution in [-0.2, 0) is 0 Å². The molecule has 2 heteroatoms. The monoisotopic (exact) mass is 586 g/mol. The molecular weight excluding hydrogens is 556 g/mol. The average Bonchev–Trinajstić information content (AvgIpc) is 3.64. The van der Waals surface area contributed by atoms with E-state index in [-0.39, 0.29) is 6.04 Å². The number of allylic oxidation sites excluding steroid dienone is 2. The molecule has 1 aliphatic heterocycles. The molecule has 0 saturated heterocycles. The Labute approximate surface area is 267 Å². The molecule has 2 nitrogen and oxygen atoms in total. The van der Waals surface area contributed by atoms with Gasteiger partial charge in [-0.25, -0.2) is 0 Å². The number of fused-ring (bicyclic) bond motifs is 8. The van der Waals surface area contributed by atoms with Crippen LogP contribution in [0.1, 0.15) is 11.5 Å². The summed E-state index contributed by atoms with van der Waals surface area (Å²) in [5.74, 6) is 0.340. The van der Waals surface area contributed by atoms with Gasteiger partial charge in [-0.05, 0) is 57.8 Å². The molecule has 0 amide bonds. The van der Waals surface area contributed by atoms with Crippen LogP contribution in [-0.4, -0.2) is 10.6 Å². The molecule has 1 aliphatic carbocycles. The summed E-state index contributed by atoms with van der Waals surface area (Å²) >= 11 is 0. The second-order valence-electron chi connectivity index (χ2n) is 12.4. The Kier molecular flexibility index (Phi) is 5.44. The van der Waals surface area contributed by atoms with Crippen LogP contribution in [0, 0.1) is 0 Å². The Morgan fingerprint density at radius 3 is 1.61 bits per heavy atom. The SMILES string of the molecule is C1=CC2c3ccccc3N(c3c4ccccc4c(-c4ccc(-n5c6ccccc6c6ccccc65)cc4)c4ccccc34)C2C=C1. The Morgan fingerprint density at radius 2 is 0.957 bits per heavy atom. The molecule has 2 atom stereocenters. The lowest BCUT2D eigenvalue weighted by Crippen LogP contribution is -2.29. The second kappa shape index (κ2) is 9.82. The lowest BCUT2D eigenvalue weighted by atomic mass is 9.89. The zero-order valence-corrected chi connectivity index (χ0v) is 25.2. The summed E-state index contributed by atoms with van der Waals surface area (Å²) in [5.41, 5.74) is 10.1. The number of benzene rings is 7. The standard InChI is InChI=1S/C44H30N2/c1-3-19-37-35(17-1)43(29-25-27-30(28-26-29)45-39-21-9-5-13-31(39)32-14-6-10-22-40(32)45)36-18-2-4-20-38(36)44(37)46-41-23-11-7-15-33(41)34-16-8-12-24-42(34)46/h1-28,33,41H. The van der Waals surface area contributed by atoms with Gasteiger partial charge in [0, 0.05) is 38.8 Å². The number of aromatic nitrogens is 1. The summed E-state index contributed by atoms with van der Waals surface area (Å²) in [6.07, 6.45) is 9.14. The predicted octanol–water partition coefficient (Wildman–Crippen LogP) is 11.5. The maximum atomic E-state index is 2.60. The topological polar surface area (TPSA) is 8.17 Å². The van der Waals surface area contributed by atoms with Crippen molar-refractivity contribution < 1.29 is 0 Å². The second-order valence-corrected chi connectivity index (χ2v) is 12.4. The fourth-order valence-electron chi connectivity index (χ4n) is 8.20. The summed E-state index contributed by atoms with van der Waals surface area (Å²) in [5, 5.41) is 7.67. The van der Waals surface area contributed by atoms with E-state index in [1.807, 2.05) is 0 Å². The van der Waals surface area contributed by atoms with Gasteiger partial charge in [0.1, 0.15) is 0 Å². The molecule has 7 aromatic carbocycles. The summed E-state index contributed by atoms with van der Waals surface area (Å²) in [7, 11) is 0. The number of para-hydroxylation sites is 3. The van der Waals surface area contributed by atoms with Crippen LogP contribution >= 0.6 is 0 Å². The first-order chi connectivity index (χ1) is 22.9. The quantitative estimate of drug-likeness (QED) is 0.187. The smallest absolute Gasteiger partial charge is 0.0630 e. The Morgan fingerprint density at radius 1 is 0.435 bits per heavy atom. The van der Waals surface area contributed by atoms with Crippen molar-refractivity contribution in [3.63, 3.8) is 0 Å². The molecule has 8 aromatic rings. The van der Waals surface area contributed by atoms with Crippen LogP contribution in [0.15, 0.2) is 170 Å². The number of anilines is 2. The summed E-state index contributed by atoms with van der Waals surface area (Å²) in [6.45, 7) is 0. The van der Waals surface area contributed by atoms with Crippen molar-refractivity contribution in [1.29, 1.82) is 0 Å². The van der Waals surface area contributed by atoms with Crippen LogP contribution in [0.5, 0.6) is 0 Å². The van der Waals surface area contributed by atoms with E-state index in [0.717, 1.165) is 0 Å². The molecule has 0 saturated carbocycles. The maximum absolute atomic E-state index is 2.60. The van der Waals surface area contributed by atoms with E-state index in [9.17, 15) is 0 Å². The van der Waals surface area contributed by atoms with E-state index in [1.165, 1.54) is 77.1 Å². The summed E-state index contributed by atoms with van der Waals surface area (Å²) < 4.78 is 2.39. The van der Waals surface area contributed by atoms with E-state index in [0.29, 0.717) is 5.92 Å². The highest BCUT2D eigenvalue weighted by Crippen LogP contribution is 2.53. The largest absolute Gasteiger partial charge is 0.332 e. The average molecular weight is 587 g/mol. The molecule has 0 bridgehead atoms. The number of hydrogen-bond acceptors (Lipinski definition) is 1. The first kappa shape index (κ1) is 25.5. The molecule has 216 valence electrons. The van der Waals surface area contributed by atoms with Crippen molar-refractivity contribution >= 4 is 54.7 Å². The van der Waals surface area contributed by atoms with Crippen molar-refractivity contribution in [1.82, 2.24) is 4.57 Å². The molecule has 2 unspecified atom stereocenters. The van der Waals surface area contributed by atoms with E-state index < -0.39 is 0 Å². The zero-order chi connectivity index (χ0) is 30.2. The number of rotatable bonds is 3. The molecule has 2 heterocycles. The highest BCUT2D eigenvalue weighted by Gasteiger charge is 2.38. The van der Waals surface area contributed by atoms with E-state index in [4.69, 9.17) is 0 Å². The van der Waals surface area contributed by atoms with E-state index >= 15 is 0 Å². The third-order valence-corrected chi connectivity index (χ3v) is 10.1.